The SMILES string of the molecule is Cc1cc2nc(N3CCN(C(=O)Cc4ccccc4)CC3)sc2cc1C. The van der Waals surface area contributed by atoms with Crippen LogP contribution in [0.15, 0.2) is 42.5 Å². The number of amides is 1. The molecule has 4 rings (SSSR count). The fraction of sp³-hybridized carbons (Fsp3) is 0.333. The molecule has 0 aliphatic carbocycles. The average molecular weight is 366 g/mol. The van der Waals surface area contributed by atoms with E-state index in [0.717, 1.165) is 42.4 Å². The van der Waals surface area contributed by atoms with Crippen molar-refractivity contribution in [2.24, 2.45) is 0 Å². The van der Waals surface area contributed by atoms with Gasteiger partial charge in [0.1, 0.15) is 0 Å². The number of piperazine rings is 1. The van der Waals surface area contributed by atoms with Crippen molar-refractivity contribution in [1.29, 1.82) is 0 Å². The van der Waals surface area contributed by atoms with E-state index < -0.39 is 0 Å². The summed E-state index contributed by atoms with van der Waals surface area (Å²) in [5.74, 6) is 0.214. The quantitative estimate of drug-likeness (QED) is 0.708. The van der Waals surface area contributed by atoms with Gasteiger partial charge in [-0.05, 0) is 42.7 Å². The topological polar surface area (TPSA) is 36.4 Å². The number of aryl methyl sites for hydroxylation is 2. The van der Waals surface area contributed by atoms with Crippen LogP contribution < -0.4 is 4.90 Å². The molecule has 1 aliphatic heterocycles. The third-order valence-electron chi connectivity index (χ3n) is 5.09. The first kappa shape index (κ1) is 17.0. The first-order chi connectivity index (χ1) is 12.6. The van der Waals surface area contributed by atoms with E-state index in [1.165, 1.54) is 15.8 Å². The van der Waals surface area contributed by atoms with Crippen LogP contribution in [-0.2, 0) is 11.2 Å². The normalized spacial score (nSPS) is 14.8. The molecule has 0 atom stereocenters. The number of hydrogen-bond donors (Lipinski definition) is 0. The van der Waals surface area contributed by atoms with Gasteiger partial charge in [-0.15, -0.1) is 0 Å². The molecule has 0 spiro atoms. The molecular weight excluding hydrogens is 342 g/mol. The predicted octanol–water partition coefficient (Wildman–Crippen LogP) is 3.80. The lowest BCUT2D eigenvalue weighted by Crippen LogP contribution is -2.49. The summed E-state index contributed by atoms with van der Waals surface area (Å²) in [4.78, 5) is 21.6. The van der Waals surface area contributed by atoms with Crippen LogP contribution in [0.2, 0.25) is 0 Å². The van der Waals surface area contributed by atoms with E-state index >= 15 is 0 Å². The predicted molar refractivity (Wildman–Crippen MR) is 108 cm³/mol. The molecule has 26 heavy (non-hydrogen) atoms. The second-order valence-electron chi connectivity index (χ2n) is 6.93. The molecule has 2 heterocycles. The molecule has 1 saturated heterocycles. The lowest BCUT2D eigenvalue weighted by molar-refractivity contribution is -0.130. The Morgan fingerprint density at radius 1 is 1.04 bits per heavy atom. The zero-order valence-electron chi connectivity index (χ0n) is 15.2. The van der Waals surface area contributed by atoms with Gasteiger partial charge in [-0.25, -0.2) is 4.98 Å². The highest BCUT2D eigenvalue weighted by atomic mass is 32.1. The van der Waals surface area contributed by atoms with Crippen LogP contribution in [0.3, 0.4) is 0 Å². The summed E-state index contributed by atoms with van der Waals surface area (Å²) < 4.78 is 1.24. The van der Waals surface area contributed by atoms with Gasteiger partial charge < -0.3 is 9.80 Å². The molecular formula is C21H23N3OS. The highest BCUT2D eigenvalue weighted by Gasteiger charge is 2.23. The Morgan fingerprint density at radius 3 is 2.46 bits per heavy atom. The zero-order chi connectivity index (χ0) is 18.1. The van der Waals surface area contributed by atoms with Crippen LogP contribution in [-0.4, -0.2) is 42.0 Å². The van der Waals surface area contributed by atoms with E-state index in [1.54, 1.807) is 11.3 Å². The van der Waals surface area contributed by atoms with Crippen LogP contribution in [0.1, 0.15) is 16.7 Å². The Morgan fingerprint density at radius 2 is 1.73 bits per heavy atom. The maximum Gasteiger partial charge on any atom is 0.227 e. The van der Waals surface area contributed by atoms with Crippen molar-refractivity contribution >= 4 is 32.6 Å². The van der Waals surface area contributed by atoms with E-state index in [4.69, 9.17) is 4.98 Å². The minimum atomic E-state index is 0.214. The highest BCUT2D eigenvalue weighted by Crippen LogP contribution is 2.31. The summed E-state index contributed by atoms with van der Waals surface area (Å²) in [5.41, 5.74) is 4.75. The first-order valence-electron chi connectivity index (χ1n) is 9.04. The Bertz CT molecular complexity index is 888. The van der Waals surface area contributed by atoms with Gasteiger partial charge in [0.05, 0.1) is 16.6 Å². The number of carbonyl (C=O) groups excluding carboxylic acids is 1. The van der Waals surface area contributed by atoms with Gasteiger partial charge in [-0.1, -0.05) is 41.7 Å². The van der Waals surface area contributed by atoms with Gasteiger partial charge in [-0.3, -0.25) is 4.79 Å². The Hall–Kier alpha value is -2.40. The van der Waals surface area contributed by atoms with Gasteiger partial charge in [0, 0.05) is 26.2 Å². The summed E-state index contributed by atoms with van der Waals surface area (Å²) >= 11 is 1.75. The third-order valence-corrected chi connectivity index (χ3v) is 6.17. The highest BCUT2D eigenvalue weighted by molar-refractivity contribution is 7.22. The van der Waals surface area contributed by atoms with Gasteiger partial charge >= 0.3 is 0 Å². The van der Waals surface area contributed by atoms with E-state index in [9.17, 15) is 4.79 Å². The summed E-state index contributed by atoms with van der Waals surface area (Å²) in [6.45, 7) is 7.49. The van der Waals surface area contributed by atoms with Crippen molar-refractivity contribution < 1.29 is 4.79 Å². The lowest BCUT2D eigenvalue weighted by Gasteiger charge is -2.34. The third kappa shape index (κ3) is 3.44. The first-order valence-corrected chi connectivity index (χ1v) is 9.86. The number of aromatic nitrogens is 1. The zero-order valence-corrected chi connectivity index (χ0v) is 16.1. The van der Waals surface area contributed by atoms with Crippen molar-refractivity contribution in [3.63, 3.8) is 0 Å². The Balaban J connectivity index is 1.41. The molecule has 4 nitrogen and oxygen atoms in total. The summed E-state index contributed by atoms with van der Waals surface area (Å²) in [6, 6.07) is 14.4. The Kier molecular flexibility index (Phi) is 4.64. The number of hydrogen-bond acceptors (Lipinski definition) is 4. The lowest BCUT2D eigenvalue weighted by atomic mass is 10.1. The van der Waals surface area contributed by atoms with Gasteiger partial charge in [-0.2, -0.15) is 0 Å². The van der Waals surface area contributed by atoms with Crippen molar-refractivity contribution in [1.82, 2.24) is 9.88 Å². The molecule has 1 amide bonds. The van der Waals surface area contributed by atoms with Crippen LogP contribution in [0.5, 0.6) is 0 Å². The van der Waals surface area contributed by atoms with Gasteiger partial charge in [0.15, 0.2) is 5.13 Å². The fourth-order valence-corrected chi connectivity index (χ4v) is 4.43. The second kappa shape index (κ2) is 7.08. The number of anilines is 1. The van der Waals surface area contributed by atoms with Crippen molar-refractivity contribution in [3.8, 4) is 0 Å². The number of benzene rings is 2. The molecule has 0 radical (unpaired) electrons. The smallest absolute Gasteiger partial charge is 0.227 e. The van der Waals surface area contributed by atoms with E-state index in [0.29, 0.717) is 6.42 Å². The minimum Gasteiger partial charge on any atom is -0.345 e. The number of fused-ring (bicyclic) bond motifs is 1. The maximum atomic E-state index is 12.5. The molecule has 0 N–H and O–H groups in total. The molecule has 1 aliphatic rings. The molecule has 3 aromatic rings. The number of carbonyl (C=O) groups is 1. The van der Waals surface area contributed by atoms with Crippen molar-refractivity contribution in [2.45, 2.75) is 20.3 Å². The number of nitrogens with zero attached hydrogens (tertiary/aromatic N) is 3. The molecule has 2 aromatic carbocycles. The largest absolute Gasteiger partial charge is 0.345 e. The molecule has 134 valence electrons. The van der Waals surface area contributed by atoms with Crippen molar-refractivity contribution in [2.75, 3.05) is 31.1 Å². The standard InChI is InChI=1S/C21H23N3OS/c1-15-12-18-19(13-16(15)2)26-21(22-18)24-10-8-23(9-11-24)20(25)14-17-6-4-3-5-7-17/h3-7,12-13H,8-11,14H2,1-2H3. The summed E-state index contributed by atoms with van der Waals surface area (Å²) in [7, 11) is 0. The minimum absolute atomic E-state index is 0.214. The van der Waals surface area contributed by atoms with E-state index in [-0.39, 0.29) is 5.91 Å². The van der Waals surface area contributed by atoms with Gasteiger partial charge in [0.2, 0.25) is 5.91 Å². The summed E-state index contributed by atoms with van der Waals surface area (Å²) in [6.07, 6.45) is 0.487. The molecule has 0 bridgehead atoms. The summed E-state index contributed by atoms with van der Waals surface area (Å²) in [5, 5.41) is 1.07. The van der Waals surface area contributed by atoms with Crippen molar-refractivity contribution in [3.05, 3.63) is 59.2 Å². The molecule has 5 heteroatoms. The van der Waals surface area contributed by atoms with E-state index in [1.807, 2.05) is 35.2 Å². The number of rotatable bonds is 3. The monoisotopic (exact) mass is 365 g/mol. The van der Waals surface area contributed by atoms with Crippen LogP contribution in [0, 0.1) is 13.8 Å². The van der Waals surface area contributed by atoms with Gasteiger partial charge in [0.25, 0.3) is 0 Å². The fourth-order valence-electron chi connectivity index (χ4n) is 3.33. The second-order valence-corrected chi connectivity index (χ2v) is 7.94. The molecule has 0 unspecified atom stereocenters. The number of thiazole rings is 1. The van der Waals surface area contributed by atoms with Crippen LogP contribution >= 0.6 is 11.3 Å². The molecule has 1 fully saturated rings. The van der Waals surface area contributed by atoms with Crippen LogP contribution in [0.4, 0.5) is 5.13 Å². The molecule has 1 aromatic heterocycles. The maximum absolute atomic E-state index is 12.5. The Labute approximate surface area is 158 Å². The average Bonchev–Trinajstić information content (AvgIpc) is 3.06. The molecule has 0 saturated carbocycles. The van der Waals surface area contributed by atoms with Crippen LogP contribution in [0.25, 0.3) is 10.2 Å². The van der Waals surface area contributed by atoms with E-state index in [2.05, 4.69) is 30.9 Å².